The molecule has 2 saturated heterocycles. The van der Waals surface area contributed by atoms with Crippen LogP contribution in [-0.2, 0) is 32.6 Å². The molecule has 32 heavy (non-hydrogen) atoms. The summed E-state index contributed by atoms with van der Waals surface area (Å²) in [6, 6.07) is 1.40. The zero-order valence-corrected chi connectivity index (χ0v) is 19.7. The third kappa shape index (κ3) is 5.00. The van der Waals surface area contributed by atoms with Gasteiger partial charge in [-0.2, -0.15) is 4.98 Å². The van der Waals surface area contributed by atoms with Gasteiger partial charge in [0.2, 0.25) is 0 Å². The summed E-state index contributed by atoms with van der Waals surface area (Å²) in [4.78, 5) is 38.9. The third-order valence-corrected chi connectivity index (χ3v) is 7.60. The van der Waals surface area contributed by atoms with Crippen LogP contribution in [0, 0.1) is 0 Å². The molecule has 1 aromatic rings. The van der Waals surface area contributed by atoms with E-state index in [1.807, 2.05) is 0 Å². The molecule has 0 radical (unpaired) electrons. The third-order valence-electron chi connectivity index (χ3n) is 4.86. The first-order chi connectivity index (χ1) is 15.0. The molecule has 0 spiro atoms. The van der Waals surface area contributed by atoms with Crippen LogP contribution in [0.25, 0.3) is 0 Å². The van der Waals surface area contributed by atoms with Gasteiger partial charge in [-0.25, -0.2) is 18.8 Å². The van der Waals surface area contributed by atoms with Crippen LogP contribution in [0.15, 0.2) is 17.1 Å². The van der Waals surface area contributed by atoms with Crippen molar-refractivity contribution in [1.29, 1.82) is 0 Å². The van der Waals surface area contributed by atoms with E-state index in [2.05, 4.69) is 4.98 Å². The molecule has 0 aliphatic carbocycles. The Hall–Kier alpha value is -1.96. The molecule has 1 aromatic heterocycles. The predicted molar refractivity (Wildman–Crippen MR) is 113 cm³/mol. The maximum Gasteiger partial charge on any atom is 0.509 e. The van der Waals surface area contributed by atoms with E-state index in [0.29, 0.717) is 5.75 Å². The normalized spacial score (nSPS) is 28.8. The minimum Gasteiger partial charge on any atom is -0.424 e. The van der Waals surface area contributed by atoms with E-state index in [-0.39, 0.29) is 24.1 Å². The number of aromatic nitrogens is 2. The Balaban J connectivity index is 1.76. The lowest BCUT2D eigenvalue weighted by Gasteiger charge is -2.26. The Morgan fingerprint density at radius 2 is 2.12 bits per heavy atom. The van der Waals surface area contributed by atoms with Crippen LogP contribution >= 0.6 is 19.5 Å². The minimum atomic E-state index is -3.74. The molecule has 0 amide bonds. The van der Waals surface area contributed by atoms with Gasteiger partial charge in [0.25, 0.3) is 0 Å². The largest absolute Gasteiger partial charge is 0.509 e. The van der Waals surface area contributed by atoms with Crippen LogP contribution in [0.3, 0.4) is 0 Å². The van der Waals surface area contributed by atoms with Crippen LogP contribution in [-0.4, -0.2) is 76.4 Å². The summed E-state index contributed by atoms with van der Waals surface area (Å²) in [5.41, 5.74) is 3.47. The van der Waals surface area contributed by atoms with Gasteiger partial charge in [-0.15, -0.1) is 0 Å². The number of ether oxygens (including phenoxy) is 3. The molecule has 3 rings (SSSR count). The van der Waals surface area contributed by atoms with E-state index < -0.39 is 43.6 Å². The van der Waals surface area contributed by atoms with Gasteiger partial charge >= 0.3 is 19.6 Å². The highest BCUT2D eigenvalue weighted by molar-refractivity contribution is 8.13. The number of hydrogen-bond acceptors (Lipinski definition) is 12. The molecule has 2 unspecified atom stereocenters. The molecular formula is C17H25N4O9PS. The molecular weight excluding hydrogens is 467 g/mol. The zero-order chi connectivity index (χ0) is 23.7. The maximum absolute atomic E-state index is 13.1. The van der Waals surface area contributed by atoms with Crippen molar-refractivity contribution in [2.24, 2.45) is 0 Å². The number of hydrogen-bond donors (Lipinski definition) is 1. The number of anilines is 1. The van der Waals surface area contributed by atoms with Crippen molar-refractivity contribution >= 4 is 36.6 Å². The van der Waals surface area contributed by atoms with Crippen molar-refractivity contribution in [3.63, 3.8) is 0 Å². The highest BCUT2D eigenvalue weighted by Gasteiger charge is 2.64. The topological polar surface area (TPSA) is 162 Å². The van der Waals surface area contributed by atoms with Crippen molar-refractivity contribution in [2.45, 2.75) is 37.9 Å². The Morgan fingerprint density at radius 3 is 2.75 bits per heavy atom. The lowest BCUT2D eigenvalue weighted by molar-refractivity contribution is -0.109. The molecule has 2 fully saturated rings. The summed E-state index contributed by atoms with van der Waals surface area (Å²) in [5, 5.41) is -0.0886. The van der Waals surface area contributed by atoms with Crippen LogP contribution < -0.4 is 11.4 Å². The monoisotopic (exact) mass is 492 g/mol. The average Bonchev–Trinajstić information content (AvgIpc) is 3.13. The number of nitrogens with zero attached hydrogens (tertiary/aromatic N) is 3. The van der Waals surface area contributed by atoms with Crippen LogP contribution in [0.5, 0.6) is 0 Å². The van der Waals surface area contributed by atoms with E-state index in [0.717, 1.165) is 16.3 Å². The summed E-state index contributed by atoms with van der Waals surface area (Å²) in [6.45, 7) is 2.70. The molecule has 2 aliphatic rings. The molecule has 2 aliphatic heterocycles. The first-order valence-electron chi connectivity index (χ1n) is 9.56. The Kier molecular flexibility index (Phi) is 7.32. The number of fused-ring (bicyclic) bond motifs is 1. The van der Waals surface area contributed by atoms with E-state index in [1.165, 1.54) is 38.0 Å². The molecule has 2 N–H and O–H groups in total. The number of carbonyl (C=O) groups excluding carboxylic acids is 2. The van der Waals surface area contributed by atoms with E-state index in [9.17, 15) is 18.9 Å². The second kappa shape index (κ2) is 9.49. The molecule has 0 saturated carbocycles. The molecule has 0 bridgehead atoms. The van der Waals surface area contributed by atoms with Gasteiger partial charge in [0.1, 0.15) is 11.9 Å². The number of nitrogens with two attached hydrogens (primary N) is 1. The number of nitrogen functional groups attached to an aromatic ring is 1. The summed E-state index contributed by atoms with van der Waals surface area (Å²) in [5.74, 6) is 0.329. The highest BCUT2D eigenvalue weighted by atomic mass is 32.2. The van der Waals surface area contributed by atoms with Gasteiger partial charge in [0, 0.05) is 18.9 Å². The van der Waals surface area contributed by atoms with Crippen molar-refractivity contribution in [3.05, 3.63) is 22.7 Å². The number of rotatable bonds is 9. The molecule has 15 heteroatoms. The molecule has 0 aromatic carbocycles. The summed E-state index contributed by atoms with van der Waals surface area (Å²) in [7, 11) is -0.708. The first kappa shape index (κ1) is 24.7. The smallest absolute Gasteiger partial charge is 0.424 e. The highest BCUT2D eigenvalue weighted by Crippen LogP contribution is 2.52. The molecule has 178 valence electrons. The van der Waals surface area contributed by atoms with Crippen LogP contribution in [0.4, 0.5) is 10.6 Å². The Labute approximate surface area is 188 Å². The first-order valence-corrected chi connectivity index (χ1v) is 12.0. The lowest BCUT2D eigenvalue weighted by atomic mass is 9.96. The second-order valence-electron chi connectivity index (χ2n) is 7.43. The fourth-order valence-corrected chi connectivity index (χ4v) is 5.11. The predicted octanol–water partition coefficient (Wildman–Crippen LogP) is 1.000. The van der Waals surface area contributed by atoms with Crippen LogP contribution in [0.2, 0.25) is 0 Å². The van der Waals surface area contributed by atoms with E-state index in [1.54, 1.807) is 6.92 Å². The Morgan fingerprint density at radius 1 is 1.41 bits per heavy atom. The van der Waals surface area contributed by atoms with Crippen molar-refractivity contribution < 1.29 is 37.4 Å². The van der Waals surface area contributed by atoms with Gasteiger partial charge in [0.15, 0.2) is 23.0 Å². The van der Waals surface area contributed by atoms with E-state index in [4.69, 9.17) is 29.0 Å². The summed E-state index contributed by atoms with van der Waals surface area (Å²) >= 11 is 1.03. The van der Waals surface area contributed by atoms with Gasteiger partial charge in [-0.05, 0) is 27.1 Å². The standard InChI is InChI=1S/C17H25N4O9PS/c1-10(22)32-8-7-26-31(25,20(3)4)27-9-11-13-17(2,30-16(24)29-13)14(28-11)21-6-5-12(18)19-15(21)23/h5-6,11,13-14H,7-9H2,1-4H3,(H2,18,19,23)/t11-,13?,14-,17+,31?/m1/s1. The van der Waals surface area contributed by atoms with Gasteiger partial charge in [0.05, 0.1) is 13.2 Å². The maximum atomic E-state index is 13.1. The Bertz CT molecular complexity index is 989. The fraction of sp³-hybridized carbons (Fsp3) is 0.647. The quantitative estimate of drug-likeness (QED) is 0.295. The van der Waals surface area contributed by atoms with E-state index >= 15 is 0 Å². The minimum absolute atomic E-state index is 0.0135. The van der Waals surface area contributed by atoms with Gasteiger partial charge in [-0.1, -0.05) is 11.8 Å². The molecule has 5 atom stereocenters. The zero-order valence-electron chi connectivity index (χ0n) is 18.0. The van der Waals surface area contributed by atoms with Crippen molar-refractivity contribution in [2.75, 3.05) is 38.8 Å². The number of thioether (sulfide) groups is 1. The average molecular weight is 492 g/mol. The van der Waals surface area contributed by atoms with Crippen LogP contribution in [0.1, 0.15) is 20.1 Å². The van der Waals surface area contributed by atoms with Crippen molar-refractivity contribution in [3.8, 4) is 0 Å². The lowest BCUT2D eigenvalue weighted by Crippen LogP contribution is -2.44. The summed E-state index contributed by atoms with van der Waals surface area (Å²) < 4.78 is 43.0. The number of carbonyl (C=O) groups is 2. The fourth-order valence-electron chi connectivity index (χ4n) is 3.34. The summed E-state index contributed by atoms with van der Waals surface area (Å²) in [6.07, 6.45) is -2.52. The van der Waals surface area contributed by atoms with Crippen molar-refractivity contribution in [1.82, 2.24) is 14.2 Å². The van der Waals surface area contributed by atoms with Gasteiger partial charge in [-0.3, -0.25) is 18.4 Å². The second-order valence-corrected chi connectivity index (χ2v) is 11.0. The SMILES string of the molecule is CC(=O)SCCOP(=O)(OC[C@H]1O[C@@H](n2ccc(N)nc2=O)[C@@]2(C)OC(=O)OC12)N(C)C. The van der Waals surface area contributed by atoms with Gasteiger partial charge < -0.3 is 19.9 Å². The molecule has 13 nitrogen and oxygen atoms in total. The molecule has 3 heterocycles.